The number of nitrogens with zero attached hydrogens (tertiary/aromatic N) is 1. The molecule has 2 heterocycles. The van der Waals surface area contributed by atoms with E-state index in [1.807, 2.05) is 11.3 Å². The van der Waals surface area contributed by atoms with E-state index in [-0.39, 0.29) is 18.1 Å². The number of rotatable bonds is 5. The zero-order valence-electron chi connectivity index (χ0n) is 14.0. The van der Waals surface area contributed by atoms with E-state index in [1.165, 1.54) is 28.8 Å². The molecule has 128 valence electrons. The highest BCUT2D eigenvalue weighted by atomic mass is 32.1. The second kappa shape index (κ2) is 6.96. The summed E-state index contributed by atoms with van der Waals surface area (Å²) in [6.07, 6.45) is 3.62. The standard InChI is InChI=1S/C20H25NO2S/c22-11-12-23-19-14-20(18-6-2-1-5-17(18)19)7-9-21(10-8-20)15-16-4-3-13-24-16/h1-6,13,19,22H,7-12,14-15H2. The van der Waals surface area contributed by atoms with E-state index in [0.717, 1.165) is 26.1 Å². The fraction of sp³-hybridized carbons (Fsp3) is 0.500. The van der Waals surface area contributed by atoms with Gasteiger partial charge in [0.1, 0.15) is 0 Å². The zero-order valence-corrected chi connectivity index (χ0v) is 14.8. The summed E-state index contributed by atoms with van der Waals surface area (Å²) in [5.41, 5.74) is 3.10. The molecule has 1 unspecified atom stereocenters. The van der Waals surface area contributed by atoms with Gasteiger partial charge in [-0.2, -0.15) is 0 Å². The van der Waals surface area contributed by atoms with Gasteiger partial charge in [-0.15, -0.1) is 11.3 Å². The molecular formula is C20H25NO2S. The quantitative estimate of drug-likeness (QED) is 0.898. The lowest BCUT2D eigenvalue weighted by Crippen LogP contribution is -2.41. The van der Waals surface area contributed by atoms with E-state index >= 15 is 0 Å². The van der Waals surface area contributed by atoms with E-state index in [9.17, 15) is 0 Å². The smallest absolute Gasteiger partial charge is 0.0837 e. The molecule has 1 aromatic carbocycles. The van der Waals surface area contributed by atoms with Crippen LogP contribution in [0, 0.1) is 0 Å². The third-order valence-electron chi connectivity index (χ3n) is 5.64. The van der Waals surface area contributed by atoms with Crippen molar-refractivity contribution >= 4 is 11.3 Å². The molecule has 1 N–H and O–H groups in total. The molecule has 3 nitrogen and oxygen atoms in total. The monoisotopic (exact) mass is 343 g/mol. The number of ether oxygens (including phenoxy) is 1. The van der Waals surface area contributed by atoms with Gasteiger partial charge in [-0.3, -0.25) is 4.90 Å². The number of likely N-dealkylation sites (tertiary alicyclic amines) is 1. The van der Waals surface area contributed by atoms with Crippen LogP contribution in [-0.4, -0.2) is 36.3 Å². The van der Waals surface area contributed by atoms with Gasteiger partial charge in [0.05, 0.1) is 19.3 Å². The Labute approximate surface area is 147 Å². The van der Waals surface area contributed by atoms with Crippen LogP contribution in [0.1, 0.15) is 41.4 Å². The summed E-state index contributed by atoms with van der Waals surface area (Å²) in [4.78, 5) is 4.05. The first kappa shape index (κ1) is 16.3. The van der Waals surface area contributed by atoms with Gasteiger partial charge in [-0.1, -0.05) is 30.3 Å². The van der Waals surface area contributed by atoms with Gasteiger partial charge in [0.15, 0.2) is 0 Å². The summed E-state index contributed by atoms with van der Waals surface area (Å²) >= 11 is 1.85. The van der Waals surface area contributed by atoms with Gasteiger partial charge in [-0.25, -0.2) is 0 Å². The van der Waals surface area contributed by atoms with Gasteiger partial charge in [0, 0.05) is 16.8 Å². The highest BCUT2D eigenvalue weighted by Gasteiger charge is 2.45. The van der Waals surface area contributed by atoms with Gasteiger partial charge in [-0.05, 0) is 54.9 Å². The normalized spacial score (nSPS) is 22.8. The number of hydrogen-bond acceptors (Lipinski definition) is 4. The maximum absolute atomic E-state index is 9.10. The Morgan fingerprint density at radius 3 is 2.75 bits per heavy atom. The zero-order chi connectivity index (χ0) is 16.4. The van der Waals surface area contributed by atoms with Crippen LogP contribution >= 0.6 is 11.3 Å². The molecule has 1 aliphatic carbocycles. The summed E-state index contributed by atoms with van der Waals surface area (Å²) < 4.78 is 5.96. The Hall–Kier alpha value is -1.20. The van der Waals surface area contributed by atoms with Crippen molar-refractivity contribution < 1.29 is 9.84 Å². The second-order valence-electron chi connectivity index (χ2n) is 7.01. The van der Waals surface area contributed by atoms with Crippen molar-refractivity contribution in [3.05, 3.63) is 57.8 Å². The number of hydrogen-bond donors (Lipinski definition) is 1. The lowest BCUT2D eigenvalue weighted by molar-refractivity contribution is 0.0128. The lowest BCUT2D eigenvalue weighted by atomic mass is 9.73. The highest BCUT2D eigenvalue weighted by molar-refractivity contribution is 7.09. The van der Waals surface area contributed by atoms with Crippen LogP contribution in [-0.2, 0) is 16.7 Å². The molecule has 2 aliphatic rings. The number of piperidine rings is 1. The minimum absolute atomic E-state index is 0.0975. The first-order valence-corrected chi connectivity index (χ1v) is 9.75. The van der Waals surface area contributed by atoms with Gasteiger partial charge < -0.3 is 9.84 Å². The van der Waals surface area contributed by atoms with Crippen LogP contribution in [0.15, 0.2) is 41.8 Å². The van der Waals surface area contributed by atoms with Crippen LogP contribution in [0.25, 0.3) is 0 Å². The van der Waals surface area contributed by atoms with Crippen LogP contribution < -0.4 is 0 Å². The molecule has 1 aromatic heterocycles. The van der Waals surface area contributed by atoms with Crippen molar-refractivity contribution in [2.75, 3.05) is 26.3 Å². The number of fused-ring (bicyclic) bond motifs is 2. The first-order valence-electron chi connectivity index (χ1n) is 8.87. The van der Waals surface area contributed by atoms with Crippen molar-refractivity contribution in [1.82, 2.24) is 4.90 Å². The molecule has 24 heavy (non-hydrogen) atoms. The lowest BCUT2D eigenvalue weighted by Gasteiger charge is -2.40. The molecule has 1 aliphatic heterocycles. The predicted molar refractivity (Wildman–Crippen MR) is 97.3 cm³/mol. The fourth-order valence-corrected chi connectivity index (χ4v) is 5.16. The number of thiophene rings is 1. The Morgan fingerprint density at radius 2 is 2.00 bits per heavy atom. The van der Waals surface area contributed by atoms with E-state index in [0.29, 0.717) is 6.61 Å². The minimum atomic E-state index is 0.0975. The van der Waals surface area contributed by atoms with Crippen LogP contribution in [0.4, 0.5) is 0 Å². The van der Waals surface area contributed by atoms with Crippen molar-refractivity contribution in [2.24, 2.45) is 0 Å². The molecule has 2 aromatic rings. The number of aliphatic hydroxyl groups excluding tert-OH is 1. The van der Waals surface area contributed by atoms with Crippen LogP contribution in [0.3, 0.4) is 0 Å². The first-order chi connectivity index (χ1) is 11.8. The van der Waals surface area contributed by atoms with Gasteiger partial charge in [0.2, 0.25) is 0 Å². The molecule has 1 saturated heterocycles. The summed E-state index contributed by atoms with van der Waals surface area (Å²) in [7, 11) is 0. The van der Waals surface area contributed by atoms with E-state index in [2.05, 4.69) is 46.7 Å². The number of benzene rings is 1. The van der Waals surface area contributed by atoms with Gasteiger partial charge >= 0.3 is 0 Å². The Kier molecular flexibility index (Phi) is 4.72. The van der Waals surface area contributed by atoms with Crippen molar-refractivity contribution in [3.63, 3.8) is 0 Å². The molecule has 0 amide bonds. The molecule has 1 atom stereocenters. The molecule has 4 heteroatoms. The van der Waals surface area contributed by atoms with E-state index in [4.69, 9.17) is 9.84 Å². The molecule has 0 radical (unpaired) electrons. The molecule has 0 bridgehead atoms. The number of aliphatic hydroxyl groups is 1. The van der Waals surface area contributed by atoms with Crippen molar-refractivity contribution in [3.8, 4) is 0 Å². The van der Waals surface area contributed by atoms with Crippen molar-refractivity contribution in [1.29, 1.82) is 0 Å². The molecule has 1 spiro atoms. The predicted octanol–water partition coefficient (Wildman–Crippen LogP) is 3.74. The Morgan fingerprint density at radius 1 is 1.17 bits per heavy atom. The molecule has 4 rings (SSSR count). The van der Waals surface area contributed by atoms with E-state index < -0.39 is 0 Å². The SMILES string of the molecule is OCCOC1CC2(CCN(Cc3cccs3)CC2)c2ccccc21. The highest BCUT2D eigenvalue weighted by Crippen LogP contribution is 2.52. The van der Waals surface area contributed by atoms with Crippen molar-refractivity contribution in [2.45, 2.75) is 37.3 Å². The topological polar surface area (TPSA) is 32.7 Å². The Bertz CT molecular complexity index is 662. The summed E-state index contributed by atoms with van der Waals surface area (Å²) in [5.74, 6) is 0. The molecule has 1 fully saturated rings. The van der Waals surface area contributed by atoms with E-state index in [1.54, 1.807) is 0 Å². The average Bonchev–Trinajstić information content (AvgIpc) is 3.23. The molecule has 0 saturated carbocycles. The molecular weight excluding hydrogens is 318 g/mol. The largest absolute Gasteiger partial charge is 0.394 e. The van der Waals surface area contributed by atoms with Crippen LogP contribution in [0.5, 0.6) is 0 Å². The maximum atomic E-state index is 9.10. The third-order valence-corrected chi connectivity index (χ3v) is 6.50. The fourth-order valence-electron chi connectivity index (χ4n) is 4.41. The summed E-state index contributed by atoms with van der Waals surface area (Å²) in [6.45, 7) is 3.91. The van der Waals surface area contributed by atoms with Gasteiger partial charge in [0.25, 0.3) is 0 Å². The second-order valence-corrected chi connectivity index (χ2v) is 8.04. The van der Waals surface area contributed by atoms with Crippen LogP contribution in [0.2, 0.25) is 0 Å². The minimum Gasteiger partial charge on any atom is -0.394 e. The third kappa shape index (κ3) is 3.04. The summed E-state index contributed by atoms with van der Waals surface area (Å²) in [6, 6.07) is 13.2. The Balaban J connectivity index is 1.48. The summed E-state index contributed by atoms with van der Waals surface area (Å²) in [5, 5.41) is 11.3. The maximum Gasteiger partial charge on any atom is 0.0837 e. The average molecular weight is 343 g/mol.